The number of likely N-dealkylation sites (N-methyl/N-ethyl adjacent to an activating group) is 1. The number of ether oxygens (including phenoxy) is 2. The van der Waals surface area contributed by atoms with Crippen LogP contribution in [0.15, 0.2) is 12.1 Å². The number of methoxy groups -OCH3 is 2. The minimum atomic E-state index is 0.580. The predicted molar refractivity (Wildman–Crippen MR) is 64.4 cm³/mol. The topological polar surface area (TPSA) is 21.7 Å². The van der Waals surface area contributed by atoms with Crippen molar-refractivity contribution < 1.29 is 9.47 Å². The zero-order valence-corrected chi connectivity index (χ0v) is 10.4. The first kappa shape index (κ1) is 11.3. The van der Waals surface area contributed by atoms with Crippen molar-refractivity contribution >= 4 is 0 Å². The summed E-state index contributed by atoms with van der Waals surface area (Å²) in [5.74, 6) is 1.74. The molecule has 2 rings (SSSR count). The molecule has 0 unspecified atom stereocenters. The molecule has 1 aromatic rings. The van der Waals surface area contributed by atoms with E-state index in [1.807, 2.05) is 6.07 Å². The molecule has 0 aromatic heterocycles. The van der Waals surface area contributed by atoms with Crippen LogP contribution in [0.4, 0.5) is 0 Å². The largest absolute Gasteiger partial charge is 0.493 e. The normalized spacial score (nSPS) is 18.7. The fourth-order valence-electron chi connectivity index (χ4n) is 2.37. The second-order valence-electron chi connectivity index (χ2n) is 4.46. The van der Waals surface area contributed by atoms with E-state index in [0.717, 1.165) is 24.3 Å². The van der Waals surface area contributed by atoms with Crippen LogP contribution in [0.3, 0.4) is 0 Å². The lowest BCUT2D eigenvalue weighted by Gasteiger charge is -2.18. The first-order chi connectivity index (χ1) is 7.67. The molecular formula is C13H19NO2. The zero-order chi connectivity index (χ0) is 11.7. The fraction of sp³-hybridized carbons (Fsp3) is 0.538. The summed E-state index contributed by atoms with van der Waals surface area (Å²) in [7, 11) is 7.64. The summed E-state index contributed by atoms with van der Waals surface area (Å²) in [4.78, 5) is 2.27. The summed E-state index contributed by atoms with van der Waals surface area (Å²) in [5, 5.41) is 0. The molecule has 16 heavy (non-hydrogen) atoms. The Hall–Kier alpha value is -1.22. The Labute approximate surface area is 97.0 Å². The molecule has 0 saturated heterocycles. The highest BCUT2D eigenvalue weighted by Gasteiger charge is 2.27. The Kier molecular flexibility index (Phi) is 3.06. The van der Waals surface area contributed by atoms with Crippen LogP contribution in [-0.2, 0) is 12.8 Å². The smallest absolute Gasteiger partial charge is 0.164 e. The summed E-state index contributed by atoms with van der Waals surface area (Å²) in [6.07, 6.45) is 2.14. The predicted octanol–water partition coefficient (Wildman–Crippen LogP) is 1.73. The van der Waals surface area contributed by atoms with E-state index in [9.17, 15) is 0 Å². The van der Waals surface area contributed by atoms with Crippen LogP contribution in [-0.4, -0.2) is 39.3 Å². The van der Waals surface area contributed by atoms with Gasteiger partial charge < -0.3 is 14.4 Å². The van der Waals surface area contributed by atoms with Gasteiger partial charge in [0.25, 0.3) is 0 Å². The molecule has 1 aliphatic rings. The van der Waals surface area contributed by atoms with Crippen molar-refractivity contribution in [2.24, 2.45) is 0 Å². The van der Waals surface area contributed by atoms with Crippen LogP contribution < -0.4 is 9.47 Å². The average molecular weight is 221 g/mol. The number of hydrogen-bond acceptors (Lipinski definition) is 3. The summed E-state index contributed by atoms with van der Waals surface area (Å²) >= 11 is 0. The third kappa shape index (κ3) is 1.76. The van der Waals surface area contributed by atoms with Gasteiger partial charge >= 0.3 is 0 Å². The van der Waals surface area contributed by atoms with Crippen LogP contribution in [0.2, 0.25) is 0 Å². The van der Waals surface area contributed by atoms with E-state index in [2.05, 4.69) is 25.1 Å². The van der Waals surface area contributed by atoms with E-state index in [1.54, 1.807) is 14.2 Å². The molecule has 0 amide bonds. The van der Waals surface area contributed by atoms with Crippen LogP contribution in [0.5, 0.6) is 11.5 Å². The van der Waals surface area contributed by atoms with Crippen molar-refractivity contribution in [3.8, 4) is 11.5 Å². The van der Waals surface area contributed by atoms with Gasteiger partial charge in [0.15, 0.2) is 11.5 Å². The molecular weight excluding hydrogens is 202 g/mol. The van der Waals surface area contributed by atoms with Crippen molar-refractivity contribution in [2.75, 3.05) is 28.3 Å². The molecule has 0 bridgehead atoms. The number of hydrogen-bond donors (Lipinski definition) is 0. The Morgan fingerprint density at radius 2 is 1.88 bits per heavy atom. The second-order valence-corrected chi connectivity index (χ2v) is 4.46. The Balaban J connectivity index is 2.38. The number of benzene rings is 1. The Morgan fingerprint density at radius 3 is 2.44 bits per heavy atom. The van der Waals surface area contributed by atoms with Gasteiger partial charge in [-0.1, -0.05) is 6.07 Å². The average Bonchev–Trinajstić information content (AvgIpc) is 2.71. The molecule has 1 aliphatic carbocycles. The highest BCUT2D eigenvalue weighted by Crippen LogP contribution is 2.38. The van der Waals surface area contributed by atoms with Gasteiger partial charge in [-0.25, -0.2) is 0 Å². The van der Waals surface area contributed by atoms with Crippen LogP contribution >= 0.6 is 0 Å². The van der Waals surface area contributed by atoms with Gasteiger partial charge in [-0.05, 0) is 38.6 Å². The molecule has 3 heteroatoms. The van der Waals surface area contributed by atoms with Gasteiger partial charge in [0.1, 0.15) is 0 Å². The summed E-state index contributed by atoms with van der Waals surface area (Å²) in [6, 6.07) is 4.73. The third-order valence-corrected chi connectivity index (χ3v) is 3.37. The second kappa shape index (κ2) is 4.34. The van der Waals surface area contributed by atoms with E-state index in [1.165, 1.54) is 11.1 Å². The van der Waals surface area contributed by atoms with Crippen molar-refractivity contribution in [3.05, 3.63) is 23.3 Å². The van der Waals surface area contributed by atoms with Gasteiger partial charge in [0, 0.05) is 11.6 Å². The van der Waals surface area contributed by atoms with E-state index in [0.29, 0.717) is 6.04 Å². The van der Waals surface area contributed by atoms with Gasteiger partial charge in [-0.2, -0.15) is 0 Å². The maximum atomic E-state index is 5.46. The summed E-state index contributed by atoms with van der Waals surface area (Å²) in [6.45, 7) is 0. The van der Waals surface area contributed by atoms with Gasteiger partial charge in [-0.3, -0.25) is 0 Å². The first-order valence-electron chi connectivity index (χ1n) is 5.56. The highest BCUT2D eigenvalue weighted by atomic mass is 16.5. The molecule has 0 N–H and O–H groups in total. The summed E-state index contributed by atoms with van der Waals surface area (Å²) in [5.41, 5.74) is 2.69. The maximum Gasteiger partial charge on any atom is 0.164 e. The van der Waals surface area contributed by atoms with E-state index >= 15 is 0 Å². The number of fused-ring (bicyclic) bond motifs is 1. The minimum Gasteiger partial charge on any atom is -0.493 e. The maximum absolute atomic E-state index is 5.46. The number of rotatable bonds is 3. The van der Waals surface area contributed by atoms with E-state index < -0.39 is 0 Å². The van der Waals surface area contributed by atoms with Gasteiger partial charge in [-0.15, -0.1) is 0 Å². The van der Waals surface area contributed by atoms with Crippen molar-refractivity contribution in [3.63, 3.8) is 0 Å². The molecule has 0 aliphatic heterocycles. The molecule has 0 fully saturated rings. The molecule has 0 saturated carbocycles. The van der Waals surface area contributed by atoms with E-state index in [4.69, 9.17) is 9.47 Å². The minimum absolute atomic E-state index is 0.580. The third-order valence-electron chi connectivity index (χ3n) is 3.37. The monoisotopic (exact) mass is 221 g/mol. The standard InChI is InChI=1S/C13H19NO2/c1-14(2)10-7-9-5-6-12(15-3)13(16-4)11(9)8-10/h5-6,10H,7-8H2,1-4H3/t10-/m0/s1. The summed E-state index contributed by atoms with van der Waals surface area (Å²) < 4.78 is 10.8. The molecule has 0 radical (unpaired) electrons. The zero-order valence-electron chi connectivity index (χ0n) is 10.4. The van der Waals surface area contributed by atoms with Crippen molar-refractivity contribution in [2.45, 2.75) is 18.9 Å². The molecule has 3 nitrogen and oxygen atoms in total. The molecule has 0 spiro atoms. The van der Waals surface area contributed by atoms with Crippen molar-refractivity contribution in [1.29, 1.82) is 0 Å². The van der Waals surface area contributed by atoms with Crippen LogP contribution in [0.25, 0.3) is 0 Å². The quantitative estimate of drug-likeness (QED) is 0.776. The molecule has 88 valence electrons. The Bertz CT molecular complexity index is 388. The van der Waals surface area contributed by atoms with Crippen molar-refractivity contribution in [1.82, 2.24) is 4.90 Å². The molecule has 1 atom stereocenters. The Morgan fingerprint density at radius 1 is 1.12 bits per heavy atom. The highest BCUT2D eigenvalue weighted by molar-refractivity contribution is 5.53. The van der Waals surface area contributed by atoms with Crippen LogP contribution in [0, 0.1) is 0 Å². The fourth-order valence-corrected chi connectivity index (χ4v) is 2.37. The first-order valence-corrected chi connectivity index (χ1v) is 5.56. The molecule has 0 heterocycles. The lowest BCUT2D eigenvalue weighted by Crippen LogP contribution is -2.28. The molecule has 1 aromatic carbocycles. The van der Waals surface area contributed by atoms with Gasteiger partial charge in [0.05, 0.1) is 14.2 Å². The lowest BCUT2D eigenvalue weighted by molar-refractivity contribution is 0.301. The van der Waals surface area contributed by atoms with Gasteiger partial charge in [0.2, 0.25) is 0 Å². The lowest BCUT2D eigenvalue weighted by atomic mass is 10.1. The SMILES string of the molecule is COc1ccc2c(c1OC)C[C@@H](N(C)C)C2. The number of nitrogens with zero attached hydrogens (tertiary/aromatic N) is 1. The van der Waals surface area contributed by atoms with Crippen LogP contribution in [0.1, 0.15) is 11.1 Å². The van der Waals surface area contributed by atoms with E-state index in [-0.39, 0.29) is 0 Å².